The Kier molecular flexibility index (Phi) is 4.64. The summed E-state index contributed by atoms with van der Waals surface area (Å²) in [4.78, 5) is 22.8. The van der Waals surface area contributed by atoms with Gasteiger partial charge >= 0.3 is 12.0 Å². The number of furan rings is 1. The van der Waals surface area contributed by atoms with Crippen molar-refractivity contribution in [2.24, 2.45) is 0 Å². The van der Waals surface area contributed by atoms with Gasteiger partial charge in [-0.2, -0.15) is 0 Å². The Morgan fingerprint density at radius 2 is 2.10 bits per heavy atom. The fourth-order valence-corrected chi connectivity index (χ4v) is 2.06. The van der Waals surface area contributed by atoms with Gasteiger partial charge in [0.1, 0.15) is 5.76 Å². The van der Waals surface area contributed by atoms with E-state index in [4.69, 9.17) is 9.52 Å². The molecule has 2 amide bonds. The van der Waals surface area contributed by atoms with Crippen molar-refractivity contribution in [1.29, 1.82) is 0 Å². The minimum atomic E-state index is -1.06. The number of amides is 2. The number of carbonyl (C=O) groups excluding carboxylic acids is 1. The van der Waals surface area contributed by atoms with Gasteiger partial charge in [0.05, 0.1) is 23.6 Å². The fraction of sp³-hybridized carbons (Fsp3) is 0.143. The van der Waals surface area contributed by atoms with Crippen LogP contribution in [0.2, 0.25) is 0 Å². The van der Waals surface area contributed by atoms with Crippen molar-refractivity contribution in [3.8, 4) is 0 Å². The Hall–Kier alpha value is -2.28. The van der Waals surface area contributed by atoms with Crippen molar-refractivity contribution < 1.29 is 19.1 Å². The summed E-state index contributed by atoms with van der Waals surface area (Å²) >= 11 is 3.26. The lowest BCUT2D eigenvalue weighted by Gasteiger charge is -2.13. The number of urea groups is 1. The SMILES string of the molecule is CC(NC(=O)Nc1cc(C(=O)O)ccc1Br)c1ccco1. The zero-order chi connectivity index (χ0) is 15.4. The van der Waals surface area contributed by atoms with Gasteiger partial charge in [-0.1, -0.05) is 0 Å². The maximum atomic E-state index is 11.9. The monoisotopic (exact) mass is 352 g/mol. The number of carboxylic acid groups (broad SMARTS) is 1. The maximum Gasteiger partial charge on any atom is 0.335 e. The molecular formula is C14H13BrN2O4. The zero-order valence-corrected chi connectivity index (χ0v) is 12.7. The maximum absolute atomic E-state index is 11.9. The third-order valence-electron chi connectivity index (χ3n) is 2.78. The highest BCUT2D eigenvalue weighted by Gasteiger charge is 2.14. The first kappa shape index (κ1) is 15.1. The molecule has 0 aliphatic heterocycles. The first-order chi connectivity index (χ1) is 9.97. The first-order valence-corrected chi connectivity index (χ1v) is 6.90. The van der Waals surface area contributed by atoms with Gasteiger partial charge < -0.3 is 20.2 Å². The van der Waals surface area contributed by atoms with Gasteiger partial charge in [-0.05, 0) is 53.2 Å². The van der Waals surface area contributed by atoms with E-state index in [0.29, 0.717) is 15.9 Å². The third kappa shape index (κ3) is 3.85. The molecule has 6 nitrogen and oxygen atoms in total. The molecule has 21 heavy (non-hydrogen) atoms. The smallest absolute Gasteiger partial charge is 0.335 e. The minimum absolute atomic E-state index is 0.0904. The van der Waals surface area contributed by atoms with E-state index in [2.05, 4.69) is 26.6 Å². The van der Waals surface area contributed by atoms with Crippen LogP contribution in [0.3, 0.4) is 0 Å². The molecule has 2 rings (SSSR count). The number of hydrogen-bond donors (Lipinski definition) is 3. The Labute approximate surface area is 129 Å². The van der Waals surface area contributed by atoms with Crippen molar-refractivity contribution in [3.05, 3.63) is 52.4 Å². The van der Waals surface area contributed by atoms with Crippen LogP contribution in [0.4, 0.5) is 10.5 Å². The number of nitrogens with one attached hydrogen (secondary N) is 2. The summed E-state index contributed by atoms with van der Waals surface area (Å²) in [7, 11) is 0. The van der Waals surface area contributed by atoms with Gasteiger partial charge in [0.15, 0.2) is 0 Å². The summed E-state index contributed by atoms with van der Waals surface area (Å²) < 4.78 is 5.78. The molecule has 110 valence electrons. The predicted molar refractivity (Wildman–Crippen MR) is 80.4 cm³/mol. The van der Waals surface area contributed by atoms with Crippen LogP contribution in [0.15, 0.2) is 45.5 Å². The second kappa shape index (κ2) is 6.45. The van der Waals surface area contributed by atoms with E-state index in [1.165, 1.54) is 18.4 Å². The lowest BCUT2D eigenvalue weighted by Crippen LogP contribution is -2.31. The molecule has 2 aromatic rings. The highest BCUT2D eigenvalue weighted by Crippen LogP contribution is 2.24. The average Bonchev–Trinajstić information content (AvgIpc) is 2.95. The quantitative estimate of drug-likeness (QED) is 0.783. The van der Waals surface area contributed by atoms with Crippen molar-refractivity contribution >= 4 is 33.6 Å². The molecule has 0 fully saturated rings. The van der Waals surface area contributed by atoms with Gasteiger partial charge in [0, 0.05) is 4.47 Å². The van der Waals surface area contributed by atoms with E-state index < -0.39 is 12.0 Å². The summed E-state index contributed by atoms with van der Waals surface area (Å²) in [6, 6.07) is 7.12. The van der Waals surface area contributed by atoms with Crippen LogP contribution in [0.1, 0.15) is 29.1 Å². The Morgan fingerprint density at radius 3 is 2.71 bits per heavy atom. The van der Waals surface area contributed by atoms with Gasteiger partial charge in [0.25, 0.3) is 0 Å². The molecule has 3 N–H and O–H groups in total. The molecule has 1 aromatic carbocycles. The van der Waals surface area contributed by atoms with Gasteiger partial charge in [-0.3, -0.25) is 0 Å². The predicted octanol–water partition coefficient (Wildman–Crippen LogP) is 3.62. The summed E-state index contributed by atoms with van der Waals surface area (Å²) in [6.07, 6.45) is 1.53. The highest BCUT2D eigenvalue weighted by atomic mass is 79.9. The molecule has 1 unspecified atom stereocenters. The molecule has 0 spiro atoms. The molecule has 1 atom stereocenters. The Balaban J connectivity index is 2.05. The minimum Gasteiger partial charge on any atom is -0.478 e. The number of carboxylic acids is 1. The molecule has 1 heterocycles. The standard InChI is InChI=1S/C14H13BrN2O4/c1-8(12-3-2-6-21-12)16-14(20)17-11-7-9(13(18)19)4-5-10(11)15/h2-8H,1H3,(H,18,19)(H2,16,17,20). The van der Waals surface area contributed by atoms with E-state index in [1.54, 1.807) is 25.1 Å². The van der Waals surface area contributed by atoms with Crippen LogP contribution in [0.5, 0.6) is 0 Å². The van der Waals surface area contributed by atoms with Crippen molar-refractivity contribution in [3.63, 3.8) is 0 Å². The van der Waals surface area contributed by atoms with Gasteiger partial charge in [-0.15, -0.1) is 0 Å². The van der Waals surface area contributed by atoms with E-state index in [0.717, 1.165) is 0 Å². The van der Waals surface area contributed by atoms with Crippen molar-refractivity contribution in [2.75, 3.05) is 5.32 Å². The van der Waals surface area contributed by atoms with E-state index >= 15 is 0 Å². The van der Waals surface area contributed by atoms with Gasteiger partial charge in [-0.25, -0.2) is 9.59 Å². The van der Waals surface area contributed by atoms with E-state index in [-0.39, 0.29) is 11.6 Å². The largest absolute Gasteiger partial charge is 0.478 e. The molecule has 1 aromatic heterocycles. The molecular weight excluding hydrogens is 340 g/mol. The summed E-state index contributed by atoms with van der Waals surface area (Å²) in [6.45, 7) is 1.78. The number of halogens is 1. The number of anilines is 1. The van der Waals surface area contributed by atoms with Gasteiger partial charge in [0.2, 0.25) is 0 Å². The van der Waals surface area contributed by atoms with Crippen LogP contribution >= 0.6 is 15.9 Å². The molecule has 0 aliphatic rings. The Morgan fingerprint density at radius 1 is 1.33 bits per heavy atom. The van der Waals surface area contributed by atoms with Crippen LogP contribution < -0.4 is 10.6 Å². The topological polar surface area (TPSA) is 91.6 Å². The highest BCUT2D eigenvalue weighted by molar-refractivity contribution is 9.10. The molecule has 0 saturated heterocycles. The summed E-state index contributed by atoms with van der Waals surface area (Å²) in [5.74, 6) is -0.432. The lowest BCUT2D eigenvalue weighted by atomic mass is 10.2. The summed E-state index contributed by atoms with van der Waals surface area (Å²) in [5.41, 5.74) is 0.464. The number of hydrogen-bond acceptors (Lipinski definition) is 3. The molecule has 7 heteroatoms. The normalized spacial score (nSPS) is 11.7. The number of aromatic carboxylic acids is 1. The second-order valence-corrected chi connectivity index (χ2v) is 5.19. The lowest BCUT2D eigenvalue weighted by molar-refractivity contribution is 0.0697. The number of benzene rings is 1. The van der Waals surface area contributed by atoms with Crippen molar-refractivity contribution in [2.45, 2.75) is 13.0 Å². The third-order valence-corrected chi connectivity index (χ3v) is 3.47. The number of carbonyl (C=O) groups is 2. The van der Waals surface area contributed by atoms with Crippen molar-refractivity contribution in [1.82, 2.24) is 5.32 Å². The first-order valence-electron chi connectivity index (χ1n) is 6.11. The van der Waals surface area contributed by atoms with Crippen LogP contribution in [0, 0.1) is 0 Å². The van der Waals surface area contributed by atoms with Crippen LogP contribution in [-0.4, -0.2) is 17.1 Å². The number of rotatable bonds is 4. The molecule has 0 saturated carbocycles. The molecule has 0 radical (unpaired) electrons. The van der Waals surface area contributed by atoms with Crippen LogP contribution in [0.25, 0.3) is 0 Å². The van der Waals surface area contributed by atoms with E-state index in [1.807, 2.05) is 0 Å². The fourth-order valence-electron chi connectivity index (χ4n) is 1.72. The van der Waals surface area contributed by atoms with E-state index in [9.17, 15) is 9.59 Å². The molecule has 0 bridgehead atoms. The zero-order valence-electron chi connectivity index (χ0n) is 11.1. The molecule has 0 aliphatic carbocycles. The second-order valence-electron chi connectivity index (χ2n) is 4.34. The average molecular weight is 353 g/mol. The Bertz CT molecular complexity index is 655. The van der Waals surface area contributed by atoms with Crippen LogP contribution in [-0.2, 0) is 0 Å². The summed E-state index contributed by atoms with van der Waals surface area (Å²) in [5, 5.41) is 14.2.